The molecule has 2 aliphatic rings. The van der Waals surface area contributed by atoms with Gasteiger partial charge in [0.15, 0.2) is 11.5 Å². The van der Waals surface area contributed by atoms with Gasteiger partial charge in [0.25, 0.3) is 0 Å². The molecule has 0 saturated carbocycles. The molecule has 3 N–H and O–H groups in total. The molecule has 11 heteroatoms. The third-order valence-corrected chi connectivity index (χ3v) is 5.79. The van der Waals surface area contributed by atoms with Crippen molar-refractivity contribution in [2.75, 3.05) is 0 Å². The molecular weight excluding hydrogens is 428 g/mol. The Morgan fingerprint density at radius 1 is 1.22 bits per heavy atom. The number of nitrogens with one attached hydrogen (secondary N) is 1. The summed E-state index contributed by atoms with van der Waals surface area (Å²) in [5.74, 6) is -2.29. The zero-order valence-electron chi connectivity index (χ0n) is 17.2. The number of nitrogens with zero attached hydrogens (tertiary/aromatic N) is 2. The van der Waals surface area contributed by atoms with Crippen LogP contribution in [0.25, 0.3) is 0 Å². The number of pyridine rings is 1. The number of amides is 2. The summed E-state index contributed by atoms with van der Waals surface area (Å²) in [6.45, 7) is 2.97. The Kier molecular flexibility index (Phi) is 5.16. The quantitative estimate of drug-likeness (QED) is 0.641. The van der Waals surface area contributed by atoms with Gasteiger partial charge in [-0.3, -0.25) is 9.88 Å². The third kappa shape index (κ3) is 3.79. The van der Waals surface area contributed by atoms with E-state index in [-0.39, 0.29) is 17.9 Å². The fraction of sp³-hybridized carbons (Fsp3) is 0.381. The van der Waals surface area contributed by atoms with Gasteiger partial charge in [0.2, 0.25) is 0 Å². The van der Waals surface area contributed by atoms with Crippen LogP contribution in [0.2, 0.25) is 0 Å². The average Bonchev–Trinajstić information content (AvgIpc) is 3.03. The number of fused-ring (bicyclic) bond motifs is 1. The largest absolute Gasteiger partial charge is 0.586 e. The van der Waals surface area contributed by atoms with Crippen molar-refractivity contribution >= 4 is 12.0 Å². The van der Waals surface area contributed by atoms with Crippen LogP contribution in [0.5, 0.6) is 11.5 Å². The van der Waals surface area contributed by atoms with Crippen LogP contribution in [-0.4, -0.2) is 50.2 Å². The molecule has 32 heavy (non-hydrogen) atoms. The number of alkyl halides is 2. The molecule has 1 aromatic carbocycles. The van der Waals surface area contributed by atoms with E-state index in [1.807, 2.05) is 0 Å². The van der Waals surface area contributed by atoms with E-state index < -0.39 is 42.0 Å². The number of aliphatic hydroxyl groups is 1. The molecule has 4 rings (SSSR count). The number of carbonyl (C=O) groups is 2. The van der Waals surface area contributed by atoms with Gasteiger partial charge in [-0.2, -0.15) is 0 Å². The molecule has 0 bridgehead atoms. The van der Waals surface area contributed by atoms with Gasteiger partial charge in [-0.1, -0.05) is 6.07 Å². The molecule has 2 aromatic rings. The first-order valence-electron chi connectivity index (χ1n) is 9.83. The van der Waals surface area contributed by atoms with Crippen LogP contribution in [0.4, 0.5) is 13.6 Å². The van der Waals surface area contributed by atoms with Gasteiger partial charge in [-0.05, 0) is 55.7 Å². The highest BCUT2D eigenvalue weighted by Crippen LogP contribution is 2.44. The first kappa shape index (κ1) is 21.8. The number of hydrogen-bond acceptors (Lipinski definition) is 6. The molecular formula is C21H21F2N3O6. The second-order valence-corrected chi connectivity index (χ2v) is 7.96. The number of carboxylic acid groups (broad SMARTS) is 1. The number of benzene rings is 1. The number of carboxylic acids is 1. The highest BCUT2D eigenvalue weighted by atomic mass is 19.3. The second-order valence-electron chi connectivity index (χ2n) is 7.96. The molecule has 170 valence electrons. The Balaban J connectivity index is 1.48. The Labute approximate surface area is 181 Å². The molecule has 1 aromatic heterocycles. The van der Waals surface area contributed by atoms with Gasteiger partial charge in [0.1, 0.15) is 11.8 Å². The van der Waals surface area contributed by atoms with E-state index in [9.17, 15) is 28.6 Å². The second kappa shape index (κ2) is 7.59. The Morgan fingerprint density at radius 3 is 2.53 bits per heavy atom. The highest BCUT2D eigenvalue weighted by molar-refractivity contribution is 5.86. The number of aromatic nitrogens is 1. The molecule has 1 saturated heterocycles. The van der Waals surface area contributed by atoms with Crippen molar-refractivity contribution in [3.8, 4) is 11.5 Å². The minimum absolute atomic E-state index is 0.132. The number of likely N-dealkylation sites (tertiary alicyclic amines) is 1. The van der Waals surface area contributed by atoms with E-state index in [1.165, 1.54) is 25.1 Å². The van der Waals surface area contributed by atoms with E-state index in [4.69, 9.17) is 0 Å². The molecule has 4 unspecified atom stereocenters. The van der Waals surface area contributed by atoms with E-state index in [1.54, 1.807) is 31.5 Å². The van der Waals surface area contributed by atoms with Crippen molar-refractivity contribution in [2.24, 2.45) is 5.92 Å². The summed E-state index contributed by atoms with van der Waals surface area (Å²) in [6.07, 6.45) is -0.401. The monoisotopic (exact) mass is 449 g/mol. The summed E-state index contributed by atoms with van der Waals surface area (Å²) in [6, 6.07) is 4.74. The first-order valence-corrected chi connectivity index (χ1v) is 9.83. The molecule has 0 radical (unpaired) electrons. The standard InChI is InChI=1S/C21H21F2N3O6/c1-11(13-3-4-15-16(10-13)32-21(22,23)31-15)25-19(29)26-17(18(27)28)14(20(26,2)30)9-12-5-7-24-8-6-12/h3-8,10-11,14,17,30H,9H2,1-2H3,(H,25,29)(H,27,28). The summed E-state index contributed by atoms with van der Waals surface area (Å²) in [5.41, 5.74) is -0.506. The zero-order chi connectivity index (χ0) is 23.3. The van der Waals surface area contributed by atoms with E-state index in [0.29, 0.717) is 5.56 Å². The lowest BCUT2D eigenvalue weighted by Gasteiger charge is -2.57. The summed E-state index contributed by atoms with van der Waals surface area (Å²) < 4.78 is 35.2. The number of hydrogen-bond donors (Lipinski definition) is 3. The number of ether oxygens (including phenoxy) is 2. The van der Waals surface area contributed by atoms with Crippen LogP contribution < -0.4 is 14.8 Å². The zero-order valence-corrected chi connectivity index (χ0v) is 17.2. The molecule has 4 atom stereocenters. The summed E-state index contributed by atoms with van der Waals surface area (Å²) in [7, 11) is 0. The van der Waals surface area contributed by atoms with Gasteiger partial charge in [-0.15, -0.1) is 8.78 Å². The smallest absolute Gasteiger partial charge is 0.480 e. The normalized spacial score (nSPS) is 26.2. The maximum absolute atomic E-state index is 13.2. The highest BCUT2D eigenvalue weighted by Gasteiger charge is 2.62. The fourth-order valence-electron chi connectivity index (χ4n) is 4.12. The van der Waals surface area contributed by atoms with Crippen molar-refractivity contribution in [1.82, 2.24) is 15.2 Å². The number of urea groups is 1. The Morgan fingerprint density at radius 2 is 1.88 bits per heavy atom. The van der Waals surface area contributed by atoms with Gasteiger partial charge in [0.05, 0.1) is 6.04 Å². The van der Waals surface area contributed by atoms with Crippen molar-refractivity contribution in [3.05, 3.63) is 53.9 Å². The molecule has 9 nitrogen and oxygen atoms in total. The Hall–Kier alpha value is -3.47. The van der Waals surface area contributed by atoms with E-state index >= 15 is 0 Å². The summed E-state index contributed by atoms with van der Waals surface area (Å²) >= 11 is 0. The van der Waals surface area contributed by atoms with Gasteiger partial charge >= 0.3 is 18.3 Å². The van der Waals surface area contributed by atoms with E-state index in [2.05, 4.69) is 19.8 Å². The minimum atomic E-state index is -3.76. The minimum Gasteiger partial charge on any atom is -0.480 e. The van der Waals surface area contributed by atoms with Crippen LogP contribution >= 0.6 is 0 Å². The molecule has 0 spiro atoms. The SMILES string of the molecule is CC(NC(=O)N1C(C(=O)O)C(Cc2ccncc2)C1(C)O)c1ccc2c(c1)OC(F)(F)O2. The maximum atomic E-state index is 13.2. The average molecular weight is 449 g/mol. The number of carbonyl (C=O) groups excluding carboxylic acids is 1. The van der Waals surface area contributed by atoms with E-state index in [0.717, 1.165) is 10.5 Å². The molecule has 0 aliphatic carbocycles. The number of halogens is 2. The van der Waals surface area contributed by atoms with Crippen molar-refractivity contribution in [3.63, 3.8) is 0 Å². The van der Waals surface area contributed by atoms with Gasteiger partial charge in [0, 0.05) is 18.3 Å². The van der Waals surface area contributed by atoms with Crippen LogP contribution in [0.15, 0.2) is 42.7 Å². The summed E-state index contributed by atoms with van der Waals surface area (Å²) in [5, 5.41) is 23.2. The van der Waals surface area contributed by atoms with Gasteiger partial charge < -0.3 is 25.0 Å². The first-order chi connectivity index (χ1) is 15.0. The van der Waals surface area contributed by atoms with Crippen LogP contribution in [0.1, 0.15) is 31.0 Å². The molecule has 2 aliphatic heterocycles. The lowest BCUT2D eigenvalue weighted by molar-refractivity contribution is -0.286. The van der Waals surface area contributed by atoms with Crippen molar-refractivity contribution < 1.29 is 38.1 Å². The van der Waals surface area contributed by atoms with Crippen LogP contribution in [0.3, 0.4) is 0 Å². The van der Waals surface area contributed by atoms with Crippen LogP contribution in [-0.2, 0) is 11.2 Å². The molecule has 3 heterocycles. The summed E-state index contributed by atoms with van der Waals surface area (Å²) in [4.78, 5) is 29.5. The Bertz CT molecular complexity index is 1050. The lowest BCUT2D eigenvalue weighted by atomic mass is 9.74. The van der Waals surface area contributed by atoms with Crippen molar-refractivity contribution in [2.45, 2.75) is 44.4 Å². The fourth-order valence-corrected chi connectivity index (χ4v) is 4.12. The number of aliphatic carboxylic acids is 1. The third-order valence-electron chi connectivity index (χ3n) is 5.79. The number of rotatable bonds is 5. The molecule has 2 amide bonds. The van der Waals surface area contributed by atoms with Crippen molar-refractivity contribution in [1.29, 1.82) is 0 Å². The molecule has 1 fully saturated rings. The topological polar surface area (TPSA) is 121 Å². The van der Waals surface area contributed by atoms with Gasteiger partial charge in [-0.25, -0.2) is 9.59 Å². The lowest BCUT2D eigenvalue weighted by Crippen LogP contribution is -2.77. The predicted octanol–water partition coefficient (Wildman–Crippen LogP) is 2.51. The maximum Gasteiger partial charge on any atom is 0.586 e. The van der Waals surface area contributed by atoms with Crippen LogP contribution in [0, 0.1) is 5.92 Å². The predicted molar refractivity (Wildman–Crippen MR) is 105 cm³/mol.